The Morgan fingerprint density at radius 3 is 2.75 bits per heavy atom. The first-order valence-electron chi connectivity index (χ1n) is 4.93. The van der Waals surface area contributed by atoms with Crippen molar-refractivity contribution in [3.63, 3.8) is 0 Å². The minimum Gasteiger partial charge on any atom is -0.311 e. The third-order valence-electron chi connectivity index (χ3n) is 2.62. The zero-order valence-corrected chi connectivity index (χ0v) is 10.7. The fourth-order valence-corrected chi connectivity index (χ4v) is 2.40. The maximum Gasteiger partial charge on any atom is 0.227 e. The summed E-state index contributed by atoms with van der Waals surface area (Å²) in [6, 6.07) is 5.10. The maximum atomic E-state index is 11.8. The Hall–Kier alpha value is -0.440. The van der Waals surface area contributed by atoms with E-state index in [1.807, 2.05) is 0 Å². The molecule has 1 fully saturated rings. The molecule has 86 valence electrons. The predicted octanol–water partition coefficient (Wildman–Crippen LogP) is 3.59. The highest BCUT2D eigenvalue weighted by Crippen LogP contribution is 2.33. The number of halogens is 3. The lowest BCUT2D eigenvalue weighted by Crippen LogP contribution is -2.24. The molecule has 1 heterocycles. The van der Waals surface area contributed by atoms with Crippen LogP contribution in [0.3, 0.4) is 0 Å². The van der Waals surface area contributed by atoms with Gasteiger partial charge in [-0.15, -0.1) is 11.6 Å². The van der Waals surface area contributed by atoms with Crippen LogP contribution < -0.4 is 4.90 Å². The molecule has 1 aromatic rings. The van der Waals surface area contributed by atoms with Crippen molar-refractivity contribution in [1.82, 2.24) is 0 Å². The van der Waals surface area contributed by atoms with Crippen molar-refractivity contribution >= 4 is 46.4 Å². The van der Waals surface area contributed by atoms with Crippen LogP contribution in [0.15, 0.2) is 18.2 Å². The topological polar surface area (TPSA) is 20.3 Å². The van der Waals surface area contributed by atoms with Crippen molar-refractivity contribution in [3.05, 3.63) is 28.2 Å². The Morgan fingerprint density at radius 1 is 1.38 bits per heavy atom. The second kappa shape index (κ2) is 4.82. The van der Waals surface area contributed by atoms with Gasteiger partial charge in [0.05, 0.1) is 10.7 Å². The molecule has 0 N–H and O–H groups in total. The molecular weight excluding hydrogens is 268 g/mol. The number of amides is 1. The van der Waals surface area contributed by atoms with Crippen LogP contribution in [-0.2, 0) is 4.79 Å². The van der Waals surface area contributed by atoms with Gasteiger partial charge in [-0.1, -0.05) is 23.2 Å². The summed E-state index contributed by atoms with van der Waals surface area (Å²) >= 11 is 17.7. The minimum absolute atomic E-state index is 0.0508. The van der Waals surface area contributed by atoms with Gasteiger partial charge in [-0.2, -0.15) is 0 Å². The highest BCUT2D eigenvalue weighted by atomic mass is 35.5. The number of carbonyl (C=O) groups excluding carboxylic acids is 1. The first kappa shape index (κ1) is 12.0. The number of nitrogens with zero attached hydrogens (tertiary/aromatic N) is 1. The van der Waals surface area contributed by atoms with Gasteiger partial charge in [0.15, 0.2) is 0 Å². The van der Waals surface area contributed by atoms with Crippen molar-refractivity contribution in [2.75, 3.05) is 17.3 Å². The van der Waals surface area contributed by atoms with Gasteiger partial charge in [0, 0.05) is 23.9 Å². The lowest BCUT2D eigenvalue weighted by molar-refractivity contribution is -0.117. The molecule has 1 saturated heterocycles. The van der Waals surface area contributed by atoms with Crippen molar-refractivity contribution in [2.24, 2.45) is 5.92 Å². The number of hydrogen-bond acceptors (Lipinski definition) is 1. The predicted molar refractivity (Wildman–Crippen MR) is 67.6 cm³/mol. The van der Waals surface area contributed by atoms with E-state index < -0.39 is 0 Å². The molecular formula is C11H10Cl3NO. The van der Waals surface area contributed by atoms with E-state index in [4.69, 9.17) is 34.8 Å². The molecule has 1 aromatic carbocycles. The largest absolute Gasteiger partial charge is 0.311 e. The van der Waals surface area contributed by atoms with E-state index in [9.17, 15) is 4.79 Å². The van der Waals surface area contributed by atoms with E-state index in [-0.39, 0.29) is 11.8 Å². The standard InChI is InChI=1S/C11H10Cl3NO/c12-5-7-3-11(16)15(6-7)10-4-8(13)1-2-9(10)14/h1-2,4,7H,3,5-6H2. The van der Waals surface area contributed by atoms with Gasteiger partial charge in [-0.3, -0.25) is 4.79 Å². The van der Waals surface area contributed by atoms with Gasteiger partial charge in [0.25, 0.3) is 0 Å². The fourth-order valence-electron chi connectivity index (χ4n) is 1.81. The van der Waals surface area contributed by atoms with Gasteiger partial charge in [-0.05, 0) is 24.1 Å². The van der Waals surface area contributed by atoms with E-state index in [0.717, 1.165) is 0 Å². The fraction of sp³-hybridized carbons (Fsp3) is 0.364. The monoisotopic (exact) mass is 277 g/mol. The maximum absolute atomic E-state index is 11.8. The molecule has 0 spiro atoms. The lowest BCUT2D eigenvalue weighted by atomic mass is 10.1. The Labute approximate surface area is 109 Å². The van der Waals surface area contributed by atoms with Crippen molar-refractivity contribution in [1.29, 1.82) is 0 Å². The van der Waals surface area contributed by atoms with Crippen LogP contribution >= 0.6 is 34.8 Å². The Balaban J connectivity index is 2.30. The van der Waals surface area contributed by atoms with E-state index in [2.05, 4.69) is 0 Å². The summed E-state index contributed by atoms with van der Waals surface area (Å²) in [7, 11) is 0. The lowest BCUT2D eigenvalue weighted by Gasteiger charge is -2.18. The number of rotatable bonds is 2. The molecule has 2 rings (SSSR count). The van der Waals surface area contributed by atoms with Crippen LogP contribution in [0.1, 0.15) is 6.42 Å². The van der Waals surface area contributed by atoms with E-state index in [1.165, 1.54) is 0 Å². The summed E-state index contributed by atoms with van der Waals surface area (Å²) < 4.78 is 0. The van der Waals surface area contributed by atoms with Crippen molar-refractivity contribution in [2.45, 2.75) is 6.42 Å². The van der Waals surface area contributed by atoms with Crippen LogP contribution in [0.25, 0.3) is 0 Å². The molecule has 2 nitrogen and oxygen atoms in total. The molecule has 0 aromatic heterocycles. The SMILES string of the molecule is O=C1CC(CCl)CN1c1cc(Cl)ccc1Cl. The van der Waals surface area contributed by atoms with Gasteiger partial charge in [-0.25, -0.2) is 0 Å². The van der Waals surface area contributed by atoms with E-state index in [1.54, 1.807) is 23.1 Å². The van der Waals surface area contributed by atoms with Crippen LogP contribution in [0.4, 0.5) is 5.69 Å². The van der Waals surface area contributed by atoms with Gasteiger partial charge in [0.1, 0.15) is 0 Å². The van der Waals surface area contributed by atoms with Crippen molar-refractivity contribution < 1.29 is 4.79 Å². The van der Waals surface area contributed by atoms with E-state index >= 15 is 0 Å². The summed E-state index contributed by atoms with van der Waals surface area (Å²) in [4.78, 5) is 13.4. The van der Waals surface area contributed by atoms with Crippen LogP contribution in [0, 0.1) is 5.92 Å². The first-order valence-corrected chi connectivity index (χ1v) is 6.22. The molecule has 1 aliphatic heterocycles. The second-order valence-electron chi connectivity index (χ2n) is 3.82. The summed E-state index contributed by atoms with van der Waals surface area (Å²) in [5.74, 6) is 0.736. The molecule has 0 aliphatic carbocycles. The second-order valence-corrected chi connectivity index (χ2v) is 4.98. The molecule has 0 bridgehead atoms. The molecule has 0 radical (unpaired) electrons. The Bertz CT molecular complexity index is 422. The Morgan fingerprint density at radius 2 is 2.12 bits per heavy atom. The number of hydrogen-bond donors (Lipinski definition) is 0. The molecule has 1 amide bonds. The van der Waals surface area contributed by atoms with Gasteiger partial charge >= 0.3 is 0 Å². The van der Waals surface area contributed by atoms with Crippen LogP contribution in [0.2, 0.25) is 10.0 Å². The number of anilines is 1. The molecule has 1 aliphatic rings. The first-order chi connectivity index (χ1) is 7.61. The summed E-state index contributed by atoms with van der Waals surface area (Å²) in [6.07, 6.45) is 0.479. The summed E-state index contributed by atoms with van der Waals surface area (Å²) in [5, 5.41) is 1.11. The summed E-state index contributed by atoms with van der Waals surface area (Å²) in [6.45, 7) is 0.613. The highest BCUT2D eigenvalue weighted by Gasteiger charge is 2.31. The normalized spacial score (nSPS) is 20.6. The number of benzene rings is 1. The van der Waals surface area contributed by atoms with Gasteiger partial charge < -0.3 is 4.90 Å². The Kier molecular flexibility index (Phi) is 3.63. The van der Waals surface area contributed by atoms with Crippen molar-refractivity contribution in [3.8, 4) is 0 Å². The minimum atomic E-state index is 0.0508. The van der Waals surface area contributed by atoms with Crippen LogP contribution in [0.5, 0.6) is 0 Å². The number of carbonyl (C=O) groups is 1. The quantitative estimate of drug-likeness (QED) is 0.757. The summed E-state index contributed by atoms with van der Waals surface area (Å²) in [5.41, 5.74) is 0.673. The number of alkyl halides is 1. The molecule has 0 saturated carbocycles. The van der Waals surface area contributed by atoms with E-state index in [0.29, 0.717) is 34.6 Å². The smallest absolute Gasteiger partial charge is 0.227 e. The van der Waals surface area contributed by atoms with Crippen LogP contribution in [-0.4, -0.2) is 18.3 Å². The zero-order valence-electron chi connectivity index (χ0n) is 8.42. The molecule has 1 atom stereocenters. The third kappa shape index (κ3) is 2.29. The van der Waals surface area contributed by atoms with Gasteiger partial charge in [0.2, 0.25) is 5.91 Å². The average molecular weight is 279 g/mol. The molecule has 5 heteroatoms. The average Bonchev–Trinajstić information content (AvgIpc) is 2.63. The molecule has 16 heavy (non-hydrogen) atoms. The highest BCUT2D eigenvalue weighted by molar-refractivity contribution is 6.35. The molecule has 1 unspecified atom stereocenters. The zero-order chi connectivity index (χ0) is 11.7. The third-order valence-corrected chi connectivity index (χ3v) is 3.61.